The number of anilines is 1. The van der Waals surface area contributed by atoms with Gasteiger partial charge in [-0.25, -0.2) is 2.95 Å². The molecule has 0 aliphatic carbocycles. The Bertz CT molecular complexity index is 514. The molecule has 2 aromatic rings. The summed E-state index contributed by atoms with van der Waals surface area (Å²) in [4.78, 5) is 0. The molecule has 0 aliphatic heterocycles. The molecule has 0 fully saturated rings. The zero-order valence-electron chi connectivity index (χ0n) is 9.23. The summed E-state index contributed by atoms with van der Waals surface area (Å²) in [6.07, 6.45) is 0. The fourth-order valence-corrected chi connectivity index (χ4v) is 2.33. The highest BCUT2D eigenvalue weighted by molar-refractivity contribution is 9.25. The quantitative estimate of drug-likeness (QED) is 0.733. The molecule has 2 aromatic carbocycles. The Kier molecular flexibility index (Phi) is 4.07. The van der Waals surface area contributed by atoms with E-state index in [0.29, 0.717) is 0 Å². The monoisotopic (exact) mass is 355 g/mol. The van der Waals surface area contributed by atoms with Crippen molar-refractivity contribution in [2.24, 2.45) is 0 Å². The summed E-state index contributed by atoms with van der Waals surface area (Å²) in [5.41, 5.74) is 3.19. The van der Waals surface area contributed by atoms with Gasteiger partial charge in [0.2, 0.25) is 0 Å². The molecule has 0 atom stereocenters. The van der Waals surface area contributed by atoms with Gasteiger partial charge in [-0.05, 0) is 12.1 Å². The summed E-state index contributed by atoms with van der Waals surface area (Å²) in [5, 5.41) is 0. The van der Waals surface area contributed by atoms with Crippen molar-refractivity contribution in [1.82, 2.24) is 0 Å². The molecule has 0 saturated carbocycles. The summed E-state index contributed by atoms with van der Waals surface area (Å²) in [6.45, 7) is 0. The number of benzene rings is 2. The Morgan fingerprint density at radius 2 is 1.47 bits per heavy atom. The molecule has 0 aromatic heterocycles. The third-order valence-electron chi connectivity index (χ3n) is 2.48. The third kappa shape index (κ3) is 2.64. The predicted octanol–water partition coefficient (Wildman–Crippen LogP) is 4.79. The van der Waals surface area contributed by atoms with Crippen LogP contribution < -0.4 is 7.69 Å². The van der Waals surface area contributed by atoms with Crippen LogP contribution in [-0.4, -0.2) is 7.11 Å². The molecule has 0 spiro atoms. The first-order chi connectivity index (χ1) is 8.24. The molecule has 0 bridgehead atoms. The molecule has 17 heavy (non-hydrogen) atoms. The standard InChI is InChI=1S/C13H11Br2NO/c1-17-13-9-5-3-7-11(13)10-6-2-4-8-12(10)16(14)15/h2-9H,1H3. The minimum atomic E-state index is 0.863. The maximum absolute atomic E-state index is 5.39. The van der Waals surface area contributed by atoms with E-state index in [4.69, 9.17) is 4.74 Å². The highest BCUT2D eigenvalue weighted by Crippen LogP contribution is 2.38. The van der Waals surface area contributed by atoms with Crippen molar-refractivity contribution in [1.29, 1.82) is 0 Å². The number of hydrogen-bond acceptors (Lipinski definition) is 2. The van der Waals surface area contributed by atoms with Gasteiger partial charge in [-0.15, -0.1) is 0 Å². The Hall–Kier alpha value is -1.000. The average molecular weight is 357 g/mol. The number of para-hydroxylation sites is 2. The first kappa shape index (κ1) is 12.5. The van der Waals surface area contributed by atoms with E-state index < -0.39 is 0 Å². The van der Waals surface area contributed by atoms with E-state index in [1.54, 1.807) is 10.1 Å². The van der Waals surface area contributed by atoms with Gasteiger partial charge in [0.1, 0.15) is 5.75 Å². The van der Waals surface area contributed by atoms with Gasteiger partial charge in [-0.3, -0.25) is 0 Å². The summed E-state index contributed by atoms with van der Waals surface area (Å²) >= 11 is 6.77. The Balaban J connectivity index is 2.60. The van der Waals surface area contributed by atoms with E-state index in [9.17, 15) is 0 Å². The van der Waals surface area contributed by atoms with E-state index in [0.717, 1.165) is 22.6 Å². The molecule has 0 radical (unpaired) electrons. The van der Waals surface area contributed by atoms with Crippen molar-refractivity contribution in [3.63, 3.8) is 0 Å². The number of hydrogen-bond donors (Lipinski definition) is 0. The molecular formula is C13H11Br2NO. The molecule has 0 saturated heterocycles. The van der Waals surface area contributed by atoms with Crippen LogP contribution in [0, 0.1) is 0 Å². The lowest BCUT2D eigenvalue weighted by Crippen LogP contribution is -1.95. The molecule has 4 heteroatoms. The number of halogens is 2. The first-order valence-corrected chi connectivity index (χ1v) is 6.50. The maximum Gasteiger partial charge on any atom is 0.126 e. The fraction of sp³-hybridized carbons (Fsp3) is 0.0769. The van der Waals surface area contributed by atoms with Crippen LogP contribution in [0.25, 0.3) is 11.1 Å². The normalized spacial score (nSPS) is 10.1. The van der Waals surface area contributed by atoms with Crippen molar-refractivity contribution in [2.45, 2.75) is 0 Å². The van der Waals surface area contributed by atoms with E-state index in [1.165, 1.54) is 0 Å². The predicted molar refractivity (Wildman–Crippen MR) is 78.8 cm³/mol. The lowest BCUT2D eigenvalue weighted by molar-refractivity contribution is 0.416. The highest BCUT2D eigenvalue weighted by atomic mass is 79.9. The minimum Gasteiger partial charge on any atom is -0.496 e. The zero-order chi connectivity index (χ0) is 12.3. The lowest BCUT2D eigenvalue weighted by Gasteiger charge is -2.15. The van der Waals surface area contributed by atoms with E-state index in [-0.39, 0.29) is 0 Å². The van der Waals surface area contributed by atoms with Crippen molar-refractivity contribution >= 4 is 38.0 Å². The van der Waals surface area contributed by atoms with Crippen LogP contribution >= 0.6 is 32.3 Å². The Morgan fingerprint density at radius 1 is 0.882 bits per heavy atom. The van der Waals surface area contributed by atoms with Gasteiger partial charge < -0.3 is 4.74 Å². The molecule has 0 aliphatic rings. The summed E-state index contributed by atoms with van der Waals surface area (Å²) in [6, 6.07) is 16.0. The largest absolute Gasteiger partial charge is 0.496 e. The summed E-state index contributed by atoms with van der Waals surface area (Å²) < 4.78 is 7.12. The molecule has 2 nitrogen and oxygen atoms in total. The van der Waals surface area contributed by atoms with Gasteiger partial charge in [-0.2, -0.15) is 0 Å². The van der Waals surface area contributed by atoms with Crippen LogP contribution in [0.4, 0.5) is 5.69 Å². The second-order valence-corrected chi connectivity index (χ2v) is 5.82. The molecule has 0 heterocycles. The van der Waals surface area contributed by atoms with Gasteiger partial charge >= 0.3 is 0 Å². The van der Waals surface area contributed by atoms with E-state index in [1.807, 2.05) is 42.5 Å². The molecule has 0 amide bonds. The van der Waals surface area contributed by atoms with Gasteiger partial charge in [0, 0.05) is 11.1 Å². The zero-order valence-corrected chi connectivity index (χ0v) is 12.4. The van der Waals surface area contributed by atoms with Crippen LogP contribution in [-0.2, 0) is 0 Å². The lowest BCUT2D eigenvalue weighted by atomic mass is 10.0. The smallest absolute Gasteiger partial charge is 0.126 e. The van der Waals surface area contributed by atoms with Crippen LogP contribution in [0.5, 0.6) is 5.75 Å². The number of rotatable bonds is 3. The second kappa shape index (κ2) is 5.56. The molecule has 0 N–H and O–H groups in total. The van der Waals surface area contributed by atoms with Gasteiger partial charge in [0.15, 0.2) is 0 Å². The van der Waals surface area contributed by atoms with Crippen molar-refractivity contribution in [3.05, 3.63) is 48.5 Å². The Labute approximate surface area is 118 Å². The average Bonchev–Trinajstić information content (AvgIpc) is 2.38. The Morgan fingerprint density at radius 3 is 2.12 bits per heavy atom. The van der Waals surface area contributed by atoms with Gasteiger partial charge in [-0.1, -0.05) is 36.4 Å². The van der Waals surface area contributed by atoms with Crippen LogP contribution in [0.1, 0.15) is 0 Å². The number of methoxy groups -OCH3 is 1. The molecular weight excluding hydrogens is 346 g/mol. The van der Waals surface area contributed by atoms with E-state index >= 15 is 0 Å². The topological polar surface area (TPSA) is 12.5 Å². The van der Waals surface area contributed by atoms with Crippen LogP contribution in [0.15, 0.2) is 48.5 Å². The second-order valence-electron chi connectivity index (χ2n) is 3.45. The third-order valence-corrected chi connectivity index (χ3v) is 3.25. The SMILES string of the molecule is COc1ccccc1-c1ccccc1N(Br)Br. The number of nitrogens with zero attached hydrogens (tertiary/aromatic N) is 1. The van der Waals surface area contributed by atoms with Crippen molar-refractivity contribution < 1.29 is 4.74 Å². The van der Waals surface area contributed by atoms with Crippen LogP contribution in [0.3, 0.4) is 0 Å². The first-order valence-electron chi connectivity index (χ1n) is 5.08. The number of ether oxygens (including phenoxy) is 1. The van der Waals surface area contributed by atoms with Gasteiger partial charge in [0.25, 0.3) is 0 Å². The minimum absolute atomic E-state index is 0.863. The molecule has 0 unspecified atom stereocenters. The highest BCUT2D eigenvalue weighted by Gasteiger charge is 2.11. The van der Waals surface area contributed by atoms with Gasteiger partial charge in [0.05, 0.1) is 45.1 Å². The molecule has 2 rings (SSSR count). The summed E-state index contributed by atoms with van der Waals surface area (Å²) in [7, 11) is 1.68. The fourth-order valence-electron chi connectivity index (χ4n) is 1.72. The van der Waals surface area contributed by atoms with E-state index in [2.05, 4.69) is 38.4 Å². The van der Waals surface area contributed by atoms with Crippen LogP contribution in [0.2, 0.25) is 0 Å². The van der Waals surface area contributed by atoms with Crippen molar-refractivity contribution in [3.8, 4) is 16.9 Å². The van der Waals surface area contributed by atoms with Crippen molar-refractivity contribution in [2.75, 3.05) is 10.1 Å². The molecule has 88 valence electrons. The maximum atomic E-state index is 5.39. The summed E-state index contributed by atoms with van der Waals surface area (Å²) in [5.74, 6) is 0.863.